The summed E-state index contributed by atoms with van der Waals surface area (Å²) in [7, 11) is -3.59. The maximum Gasteiger partial charge on any atom is 0.240 e. The molecule has 0 spiro atoms. The lowest BCUT2D eigenvalue weighted by atomic mass is 10.2. The van der Waals surface area contributed by atoms with Crippen molar-refractivity contribution in [1.29, 1.82) is 0 Å². The van der Waals surface area contributed by atoms with Crippen molar-refractivity contribution in [2.75, 3.05) is 29.2 Å². The Morgan fingerprint density at radius 2 is 1.78 bits per heavy atom. The van der Waals surface area contributed by atoms with Crippen LogP contribution in [-0.4, -0.2) is 46.7 Å². The summed E-state index contributed by atoms with van der Waals surface area (Å²) < 4.78 is 29.6. The van der Waals surface area contributed by atoms with Crippen molar-refractivity contribution < 1.29 is 8.42 Å². The number of sulfonamides is 1. The SMILES string of the molecule is CCNS(=O)(=O)c1cc(Nc2ncc(C)c(Nc3ccc4c(cnn4CCCSC)c3)n2)ccc1C. The number of rotatable bonds is 11. The van der Waals surface area contributed by atoms with Crippen LogP contribution >= 0.6 is 11.8 Å². The molecule has 11 heteroatoms. The minimum atomic E-state index is -3.59. The molecule has 0 aliphatic heterocycles. The molecule has 190 valence electrons. The van der Waals surface area contributed by atoms with Crippen LogP contribution in [0.15, 0.2) is 53.7 Å². The molecular formula is C25H31N7O2S2. The van der Waals surface area contributed by atoms with Crippen molar-refractivity contribution >= 4 is 55.8 Å². The summed E-state index contributed by atoms with van der Waals surface area (Å²) in [6.07, 6.45) is 6.81. The predicted molar refractivity (Wildman–Crippen MR) is 148 cm³/mol. The van der Waals surface area contributed by atoms with Crippen LogP contribution in [0.25, 0.3) is 10.9 Å². The molecule has 0 aliphatic rings. The second kappa shape index (κ2) is 11.3. The highest BCUT2D eigenvalue weighted by molar-refractivity contribution is 7.98. The Kier molecular flexibility index (Phi) is 8.12. The molecule has 2 heterocycles. The monoisotopic (exact) mass is 525 g/mol. The molecule has 0 atom stereocenters. The Hall–Kier alpha value is -3.15. The zero-order chi connectivity index (χ0) is 25.7. The quantitative estimate of drug-likeness (QED) is 0.235. The molecule has 36 heavy (non-hydrogen) atoms. The van der Waals surface area contributed by atoms with Gasteiger partial charge in [-0.05, 0) is 68.2 Å². The minimum Gasteiger partial charge on any atom is -0.340 e. The fourth-order valence-electron chi connectivity index (χ4n) is 3.83. The Morgan fingerprint density at radius 3 is 2.56 bits per heavy atom. The third kappa shape index (κ3) is 5.97. The number of aromatic nitrogens is 4. The first-order valence-electron chi connectivity index (χ1n) is 11.7. The molecule has 3 N–H and O–H groups in total. The standard InChI is InChI=1S/C25H31N7O2S2/c1-5-28-36(33,34)23-14-21(8-7-17(23)2)30-25-26-15-18(3)24(31-25)29-20-9-10-22-19(13-20)16-27-32(22)11-6-12-35-4/h7-10,13-16,28H,5-6,11-12H2,1-4H3,(H2,26,29,30,31). The van der Waals surface area contributed by atoms with Gasteiger partial charge in [0.15, 0.2) is 0 Å². The molecule has 0 bridgehead atoms. The smallest absolute Gasteiger partial charge is 0.240 e. The van der Waals surface area contributed by atoms with Gasteiger partial charge in [0.2, 0.25) is 16.0 Å². The Balaban J connectivity index is 1.54. The highest BCUT2D eigenvalue weighted by Crippen LogP contribution is 2.26. The van der Waals surface area contributed by atoms with E-state index in [2.05, 4.69) is 48.8 Å². The maximum absolute atomic E-state index is 12.5. The van der Waals surface area contributed by atoms with Crippen LogP contribution in [0.2, 0.25) is 0 Å². The average molecular weight is 526 g/mol. The maximum atomic E-state index is 12.5. The molecule has 0 fully saturated rings. The van der Waals surface area contributed by atoms with Crippen molar-refractivity contribution in [3.8, 4) is 0 Å². The van der Waals surface area contributed by atoms with Crippen LogP contribution in [0.1, 0.15) is 24.5 Å². The van der Waals surface area contributed by atoms with E-state index in [0.29, 0.717) is 29.6 Å². The van der Waals surface area contributed by atoms with E-state index in [9.17, 15) is 8.42 Å². The van der Waals surface area contributed by atoms with Gasteiger partial charge in [0.25, 0.3) is 0 Å². The van der Waals surface area contributed by atoms with E-state index < -0.39 is 10.0 Å². The van der Waals surface area contributed by atoms with Crippen molar-refractivity contribution in [2.24, 2.45) is 0 Å². The van der Waals surface area contributed by atoms with Crippen LogP contribution in [0.3, 0.4) is 0 Å². The van der Waals surface area contributed by atoms with Crippen molar-refractivity contribution in [3.05, 3.63) is 59.9 Å². The van der Waals surface area contributed by atoms with Crippen LogP contribution in [-0.2, 0) is 16.6 Å². The number of nitrogens with one attached hydrogen (secondary N) is 3. The van der Waals surface area contributed by atoms with E-state index >= 15 is 0 Å². The summed E-state index contributed by atoms with van der Waals surface area (Å²) in [6, 6.07) is 11.3. The van der Waals surface area contributed by atoms with Gasteiger partial charge in [-0.1, -0.05) is 13.0 Å². The lowest BCUT2D eigenvalue weighted by Gasteiger charge is -2.13. The fraction of sp³-hybridized carbons (Fsp3) is 0.320. The highest BCUT2D eigenvalue weighted by atomic mass is 32.2. The Bertz CT molecular complexity index is 1470. The summed E-state index contributed by atoms with van der Waals surface area (Å²) in [5.74, 6) is 2.13. The molecule has 0 saturated heterocycles. The second-order valence-electron chi connectivity index (χ2n) is 8.44. The van der Waals surface area contributed by atoms with E-state index in [-0.39, 0.29) is 4.90 Å². The number of hydrogen-bond donors (Lipinski definition) is 3. The molecule has 0 radical (unpaired) electrons. The number of hydrogen-bond acceptors (Lipinski definition) is 8. The van der Waals surface area contributed by atoms with E-state index in [0.717, 1.165) is 40.9 Å². The van der Waals surface area contributed by atoms with E-state index in [1.54, 1.807) is 38.2 Å². The first-order valence-corrected chi connectivity index (χ1v) is 14.6. The van der Waals surface area contributed by atoms with E-state index in [1.165, 1.54) is 0 Å². The zero-order valence-corrected chi connectivity index (χ0v) is 22.5. The average Bonchev–Trinajstić information content (AvgIpc) is 3.24. The summed E-state index contributed by atoms with van der Waals surface area (Å²) in [4.78, 5) is 9.22. The number of anilines is 4. The van der Waals surface area contributed by atoms with Crippen molar-refractivity contribution in [2.45, 2.75) is 38.6 Å². The molecule has 4 aromatic rings. The lowest BCUT2D eigenvalue weighted by Crippen LogP contribution is -2.24. The number of aryl methyl sites for hydroxylation is 3. The first-order chi connectivity index (χ1) is 17.3. The highest BCUT2D eigenvalue weighted by Gasteiger charge is 2.17. The third-order valence-corrected chi connectivity index (χ3v) is 8.05. The molecule has 4 rings (SSSR count). The number of nitrogens with zero attached hydrogens (tertiary/aromatic N) is 4. The molecule has 0 aliphatic carbocycles. The molecule has 0 amide bonds. The van der Waals surface area contributed by atoms with Gasteiger partial charge in [0.05, 0.1) is 16.6 Å². The molecule has 0 unspecified atom stereocenters. The van der Waals surface area contributed by atoms with Crippen LogP contribution in [0.5, 0.6) is 0 Å². The van der Waals surface area contributed by atoms with E-state index in [1.807, 2.05) is 35.6 Å². The van der Waals surface area contributed by atoms with Crippen molar-refractivity contribution in [3.63, 3.8) is 0 Å². The number of benzene rings is 2. The van der Waals surface area contributed by atoms with Gasteiger partial charge in [-0.25, -0.2) is 18.1 Å². The third-order valence-electron chi connectivity index (χ3n) is 5.66. The van der Waals surface area contributed by atoms with Gasteiger partial charge in [-0.2, -0.15) is 21.8 Å². The molecular weight excluding hydrogens is 494 g/mol. The number of thioether (sulfide) groups is 1. The molecule has 0 saturated carbocycles. The topological polar surface area (TPSA) is 114 Å². The van der Waals surface area contributed by atoms with Crippen LogP contribution in [0.4, 0.5) is 23.1 Å². The van der Waals surface area contributed by atoms with Gasteiger partial charge in [0.1, 0.15) is 5.82 Å². The van der Waals surface area contributed by atoms with E-state index in [4.69, 9.17) is 0 Å². The molecule has 2 aromatic carbocycles. The summed E-state index contributed by atoms with van der Waals surface area (Å²) in [5, 5.41) is 12.1. The van der Waals surface area contributed by atoms with Crippen LogP contribution in [0, 0.1) is 13.8 Å². The summed E-state index contributed by atoms with van der Waals surface area (Å²) >= 11 is 1.84. The normalized spacial score (nSPS) is 11.7. The molecule has 2 aromatic heterocycles. The predicted octanol–water partition coefficient (Wildman–Crippen LogP) is 4.98. The van der Waals surface area contributed by atoms with Crippen LogP contribution < -0.4 is 15.4 Å². The largest absolute Gasteiger partial charge is 0.340 e. The van der Waals surface area contributed by atoms with Gasteiger partial charge in [0, 0.05) is 41.6 Å². The molecule has 9 nitrogen and oxygen atoms in total. The Morgan fingerprint density at radius 1 is 1.00 bits per heavy atom. The van der Waals surface area contributed by atoms with Gasteiger partial charge >= 0.3 is 0 Å². The van der Waals surface area contributed by atoms with Crippen molar-refractivity contribution in [1.82, 2.24) is 24.5 Å². The zero-order valence-electron chi connectivity index (χ0n) is 20.9. The van der Waals surface area contributed by atoms with Gasteiger partial charge < -0.3 is 10.6 Å². The van der Waals surface area contributed by atoms with Gasteiger partial charge in [-0.15, -0.1) is 0 Å². The second-order valence-corrected chi connectivity index (χ2v) is 11.2. The van der Waals surface area contributed by atoms with Gasteiger partial charge in [-0.3, -0.25) is 4.68 Å². The summed E-state index contributed by atoms with van der Waals surface area (Å²) in [5.41, 5.74) is 4.13. The minimum absolute atomic E-state index is 0.224. The lowest BCUT2D eigenvalue weighted by molar-refractivity contribution is 0.583. The fourth-order valence-corrected chi connectivity index (χ4v) is 5.56. The number of fused-ring (bicyclic) bond motifs is 1. The Labute approximate surface area is 216 Å². The summed E-state index contributed by atoms with van der Waals surface area (Å²) in [6.45, 7) is 6.67. The first kappa shape index (κ1) is 25.9.